The Kier molecular flexibility index (Phi) is 6.93. The van der Waals surface area contributed by atoms with Gasteiger partial charge in [-0.25, -0.2) is 0 Å². The second kappa shape index (κ2) is 10.3. The van der Waals surface area contributed by atoms with Gasteiger partial charge in [-0.2, -0.15) is 4.57 Å². The van der Waals surface area contributed by atoms with E-state index in [4.69, 9.17) is 18.9 Å². The molecule has 1 aromatic heterocycles. The number of carbonyl (C=O) groups is 1. The molecule has 0 radical (unpaired) electrons. The molecule has 0 aliphatic carbocycles. The first-order valence-electron chi connectivity index (χ1n) is 12.1. The number of amides is 1. The average Bonchev–Trinajstić information content (AvgIpc) is 3.35. The molecular formula is C29H27BrN2O5. The van der Waals surface area contributed by atoms with Crippen LogP contribution in [0.1, 0.15) is 17.5 Å². The highest BCUT2D eigenvalue weighted by atomic mass is 79.9. The van der Waals surface area contributed by atoms with E-state index in [0.29, 0.717) is 11.5 Å². The van der Waals surface area contributed by atoms with Gasteiger partial charge in [0.25, 0.3) is 0 Å². The summed E-state index contributed by atoms with van der Waals surface area (Å²) in [5, 5.41) is 4.90. The molecule has 0 saturated heterocycles. The van der Waals surface area contributed by atoms with Gasteiger partial charge < -0.3 is 41.2 Å². The van der Waals surface area contributed by atoms with Crippen LogP contribution in [0.4, 0.5) is 5.69 Å². The van der Waals surface area contributed by atoms with Crippen molar-refractivity contribution in [1.82, 2.24) is 0 Å². The minimum absolute atomic E-state index is 0. The lowest BCUT2D eigenvalue weighted by atomic mass is 9.95. The van der Waals surface area contributed by atoms with Crippen LogP contribution in [0.3, 0.4) is 0 Å². The summed E-state index contributed by atoms with van der Waals surface area (Å²) in [6.07, 6.45) is 3.24. The fourth-order valence-electron chi connectivity index (χ4n) is 4.81. The van der Waals surface area contributed by atoms with Gasteiger partial charge in [-0.1, -0.05) is 17.7 Å². The van der Waals surface area contributed by atoms with Crippen LogP contribution in [-0.2, 0) is 17.8 Å². The van der Waals surface area contributed by atoms with Crippen LogP contribution in [0.25, 0.3) is 22.0 Å². The summed E-state index contributed by atoms with van der Waals surface area (Å²) >= 11 is 0. The molecule has 1 N–H and O–H groups in total. The quantitative estimate of drug-likeness (QED) is 0.363. The van der Waals surface area contributed by atoms with Crippen LogP contribution in [0.5, 0.6) is 23.0 Å². The number of pyridine rings is 1. The van der Waals surface area contributed by atoms with E-state index in [0.717, 1.165) is 57.7 Å². The maximum absolute atomic E-state index is 12.4. The molecule has 1 amide bonds. The molecule has 0 unspecified atom stereocenters. The Labute approximate surface area is 225 Å². The summed E-state index contributed by atoms with van der Waals surface area (Å²) < 4.78 is 25.2. The number of nitrogens with one attached hydrogen (secondary N) is 1. The number of fused-ring (bicyclic) bond motifs is 5. The molecule has 3 heterocycles. The van der Waals surface area contributed by atoms with E-state index >= 15 is 0 Å². The Hall–Kier alpha value is -3.78. The number of benzene rings is 3. The highest BCUT2D eigenvalue weighted by Crippen LogP contribution is 2.41. The Morgan fingerprint density at radius 2 is 1.84 bits per heavy atom. The fourth-order valence-corrected chi connectivity index (χ4v) is 4.81. The summed E-state index contributed by atoms with van der Waals surface area (Å²) in [7, 11) is 1.63. The minimum Gasteiger partial charge on any atom is -1.00 e. The van der Waals surface area contributed by atoms with Crippen LogP contribution < -0.4 is 45.8 Å². The lowest BCUT2D eigenvalue weighted by molar-refractivity contribution is -0.686. The second-order valence-electron chi connectivity index (χ2n) is 9.08. The van der Waals surface area contributed by atoms with E-state index in [1.54, 1.807) is 7.11 Å². The molecule has 4 aromatic rings. The molecule has 2 aliphatic heterocycles. The highest BCUT2D eigenvalue weighted by molar-refractivity contribution is 5.92. The second-order valence-corrected chi connectivity index (χ2v) is 9.08. The molecule has 7 nitrogen and oxygen atoms in total. The van der Waals surface area contributed by atoms with Crippen LogP contribution in [0.15, 0.2) is 60.8 Å². The van der Waals surface area contributed by atoms with E-state index in [9.17, 15) is 4.79 Å². The van der Waals surface area contributed by atoms with E-state index < -0.39 is 0 Å². The first kappa shape index (κ1) is 24.9. The van der Waals surface area contributed by atoms with Crippen molar-refractivity contribution in [3.63, 3.8) is 0 Å². The normalized spacial score (nSPS) is 12.8. The molecule has 0 fully saturated rings. The molecule has 190 valence electrons. The Balaban J connectivity index is 0.00000280. The van der Waals surface area contributed by atoms with Crippen molar-refractivity contribution in [1.29, 1.82) is 0 Å². The Morgan fingerprint density at radius 3 is 2.62 bits per heavy atom. The summed E-state index contributed by atoms with van der Waals surface area (Å²) in [4.78, 5) is 12.4. The van der Waals surface area contributed by atoms with E-state index in [1.807, 2.05) is 43.3 Å². The van der Waals surface area contributed by atoms with E-state index in [1.165, 1.54) is 5.56 Å². The Morgan fingerprint density at radius 1 is 1.05 bits per heavy atom. The predicted octanol–water partition coefficient (Wildman–Crippen LogP) is 1.81. The lowest BCUT2D eigenvalue weighted by Crippen LogP contribution is -3.00. The molecule has 0 saturated carbocycles. The number of anilines is 1. The van der Waals surface area contributed by atoms with Gasteiger partial charge in [-0.05, 0) is 54.3 Å². The summed E-state index contributed by atoms with van der Waals surface area (Å²) in [5.41, 5.74) is 5.45. The molecule has 0 spiro atoms. The molecule has 8 heteroatoms. The predicted molar refractivity (Wildman–Crippen MR) is 136 cm³/mol. The van der Waals surface area contributed by atoms with Crippen molar-refractivity contribution >= 4 is 22.4 Å². The molecule has 2 aliphatic rings. The summed E-state index contributed by atoms with van der Waals surface area (Å²) in [6.45, 7) is 3.36. The first-order chi connectivity index (χ1) is 17.6. The van der Waals surface area contributed by atoms with Gasteiger partial charge in [0.05, 0.1) is 31.1 Å². The standard InChI is InChI=1S/C29H26N2O5.BrH/c1-18-3-6-21(7-4-18)30-28(32)10-12-34-29-23-16-31-11-9-20-14-26-27(36-17-35-26)15-22(20)24(31)13-19(23)5-8-25(29)33-2;/h3-8,13-16H,9-12,17H2,1-2H3;1H. The summed E-state index contributed by atoms with van der Waals surface area (Å²) in [6, 6.07) is 18.0. The van der Waals surface area contributed by atoms with Gasteiger partial charge in [0.15, 0.2) is 35.7 Å². The number of aromatic nitrogens is 1. The third-order valence-electron chi connectivity index (χ3n) is 6.71. The van der Waals surface area contributed by atoms with Gasteiger partial charge >= 0.3 is 0 Å². The number of aryl methyl sites for hydroxylation is 3. The van der Waals surface area contributed by atoms with Crippen LogP contribution in [0.2, 0.25) is 0 Å². The van der Waals surface area contributed by atoms with Crippen LogP contribution >= 0.6 is 0 Å². The third-order valence-corrected chi connectivity index (χ3v) is 6.71. The lowest BCUT2D eigenvalue weighted by Gasteiger charge is -2.18. The number of carbonyl (C=O) groups excluding carboxylic acids is 1. The molecule has 0 bridgehead atoms. The minimum atomic E-state index is -0.0971. The largest absolute Gasteiger partial charge is 1.00 e. The molecule has 0 atom stereocenters. The van der Waals surface area contributed by atoms with Gasteiger partial charge in [0.2, 0.25) is 18.4 Å². The zero-order valence-electron chi connectivity index (χ0n) is 20.7. The van der Waals surface area contributed by atoms with E-state index in [-0.39, 0.29) is 42.7 Å². The molecule has 6 rings (SSSR count). The molecule has 3 aromatic carbocycles. The number of methoxy groups -OCH3 is 1. The number of hydrogen-bond donors (Lipinski definition) is 1. The van der Waals surface area contributed by atoms with E-state index in [2.05, 4.69) is 34.3 Å². The van der Waals surface area contributed by atoms with Crippen LogP contribution in [0, 0.1) is 6.92 Å². The number of halogens is 1. The van der Waals surface area contributed by atoms with Crippen molar-refractivity contribution in [2.75, 3.05) is 25.8 Å². The fraction of sp³-hybridized carbons (Fsp3) is 0.241. The first-order valence-corrected chi connectivity index (χ1v) is 12.1. The van der Waals surface area contributed by atoms with Crippen LogP contribution in [-0.4, -0.2) is 26.4 Å². The van der Waals surface area contributed by atoms with Gasteiger partial charge in [-0.15, -0.1) is 0 Å². The Bertz CT molecular complexity index is 1490. The van der Waals surface area contributed by atoms with Crippen molar-refractivity contribution in [2.24, 2.45) is 0 Å². The SMILES string of the molecule is COc1ccc2cc3[n+](cc2c1OCCC(=O)Nc1ccc(C)cc1)CCc1cc2c(cc1-3)OCO2.[Br-]. The topological polar surface area (TPSA) is 69.9 Å². The molecule has 37 heavy (non-hydrogen) atoms. The number of rotatable bonds is 6. The van der Waals surface area contributed by atoms with Crippen molar-refractivity contribution in [3.05, 3.63) is 71.9 Å². The zero-order valence-corrected chi connectivity index (χ0v) is 22.3. The monoisotopic (exact) mass is 562 g/mol. The van der Waals surface area contributed by atoms with Gasteiger partial charge in [0.1, 0.15) is 0 Å². The zero-order chi connectivity index (χ0) is 24.6. The third kappa shape index (κ3) is 4.81. The number of ether oxygens (including phenoxy) is 4. The highest BCUT2D eigenvalue weighted by Gasteiger charge is 2.28. The molecular weight excluding hydrogens is 536 g/mol. The number of nitrogens with zero attached hydrogens (tertiary/aromatic N) is 1. The van der Waals surface area contributed by atoms with Crippen molar-refractivity contribution < 1.29 is 45.3 Å². The number of hydrogen-bond acceptors (Lipinski definition) is 5. The van der Waals surface area contributed by atoms with Gasteiger partial charge in [-0.3, -0.25) is 4.79 Å². The van der Waals surface area contributed by atoms with Crippen molar-refractivity contribution in [3.8, 4) is 34.3 Å². The van der Waals surface area contributed by atoms with Gasteiger partial charge in [0, 0.05) is 18.2 Å². The maximum Gasteiger partial charge on any atom is 0.231 e. The smallest absolute Gasteiger partial charge is 0.231 e. The average molecular weight is 563 g/mol. The summed E-state index contributed by atoms with van der Waals surface area (Å²) in [5.74, 6) is 2.78. The van der Waals surface area contributed by atoms with Crippen molar-refractivity contribution in [2.45, 2.75) is 26.3 Å². The maximum atomic E-state index is 12.4.